The maximum absolute atomic E-state index is 12.9. The van der Waals surface area contributed by atoms with E-state index in [0.29, 0.717) is 23.3 Å². The minimum Gasteiger partial charge on any atom is -0.456 e. The molecule has 5 heteroatoms. The van der Waals surface area contributed by atoms with Crippen molar-refractivity contribution >= 4 is 5.97 Å². The van der Waals surface area contributed by atoms with Crippen LogP contribution in [0, 0.1) is 29.6 Å². The highest BCUT2D eigenvalue weighted by Crippen LogP contribution is 2.37. The summed E-state index contributed by atoms with van der Waals surface area (Å²) in [5, 5.41) is 0. The van der Waals surface area contributed by atoms with Gasteiger partial charge in [-0.05, 0) is 36.3 Å². The summed E-state index contributed by atoms with van der Waals surface area (Å²) >= 11 is 0. The normalized spacial score (nSPS) is 29.7. The lowest BCUT2D eigenvalue weighted by molar-refractivity contribution is -0.257. The van der Waals surface area contributed by atoms with Crippen molar-refractivity contribution in [1.29, 1.82) is 0 Å². The van der Waals surface area contributed by atoms with Crippen molar-refractivity contribution in [3.8, 4) is 0 Å². The van der Waals surface area contributed by atoms with E-state index in [0.717, 1.165) is 12.8 Å². The van der Waals surface area contributed by atoms with Crippen molar-refractivity contribution in [2.24, 2.45) is 29.6 Å². The third-order valence-corrected chi connectivity index (χ3v) is 7.66. The second kappa shape index (κ2) is 12.7. The van der Waals surface area contributed by atoms with E-state index in [1.807, 2.05) is 18.2 Å². The standard InChI is InChI=1S/C27H44O5/c1-9-17(3)25(29-8)21(7)24(31-26(28)22-14-12-11-13-15-22)16-30-27-20(6)18(4)19(5)23(10-2)32-27/h11-15,17-21,23-25,27H,9-10,16H2,1-8H3/t17-,18+,19+,20-,21-,23-,24-,25-,27-/m1/s1. The molecule has 5 nitrogen and oxygen atoms in total. The topological polar surface area (TPSA) is 54.0 Å². The van der Waals surface area contributed by atoms with E-state index in [-0.39, 0.29) is 42.9 Å². The molecule has 0 N–H and O–H groups in total. The Bertz CT molecular complexity index is 676. The van der Waals surface area contributed by atoms with Gasteiger partial charge in [0.15, 0.2) is 6.29 Å². The molecule has 0 radical (unpaired) electrons. The zero-order valence-corrected chi connectivity index (χ0v) is 21.2. The third kappa shape index (κ3) is 6.55. The number of carbonyl (C=O) groups is 1. The van der Waals surface area contributed by atoms with Gasteiger partial charge in [-0.2, -0.15) is 0 Å². The van der Waals surface area contributed by atoms with Crippen LogP contribution < -0.4 is 0 Å². The van der Waals surface area contributed by atoms with Crippen LogP contribution >= 0.6 is 0 Å². The molecule has 1 aromatic carbocycles. The van der Waals surface area contributed by atoms with E-state index < -0.39 is 6.10 Å². The number of esters is 1. The molecule has 0 bridgehead atoms. The van der Waals surface area contributed by atoms with Crippen LogP contribution in [-0.2, 0) is 18.9 Å². The molecule has 1 fully saturated rings. The largest absolute Gasteiger partial charge is 0.456 e. The lowest BCUT2D eigenvalue weighted by Crippen LogP contribution is -2.47. The van der Waals surface area contributed by atoms with Crippen molar-refractivity contribution in [2.75, 3.05) is 13.7 Å². The predicted molar refractivity (Wildman–Crippen MR) is 127 cm³/mol. The predicted octanol–water partition coefficient (Wildman–Crippen LogP) is 5.97. The van der Waals surface area contributed by atoms with Gasteiger partial charge < -0.3 is 18.9 Å². The first-order chi connectivity index (χ1) is 15.2. The lowest BCUT2D eigenvalue weighted by atomic mass is 9.78. The number of ether oxygens (including phenoxy) is 4. The van der Waals surface area contributed by atoms with E-state index in [1.54, 1.807) is 19.2 Å². The van der Waals surface area contributed by atoms with Crippen molar-refractivity contribution in [3.63, 3.8) is 0 Å². The molecule has 9 atom stereocenters. The van der Waals surface area contributed by atoms with Gasteiger partial charge in [-0.3, -0.25) is 0 Å². The van der Waals surface area contributed by atoms with Gasteiger partial charge in [0, 0.05) is 18.9 Å². The molecule has 1 aliphatic rings. The first-order valence-corrected chi connectivity index (χ1v) is 12.3. The first kappa shape index (κ1) is 26.8. The van der Waals surface area contributed by atoms with Gasteiger partial charge in [-0.25, -0.2) is 4.79 Å². The van der Waals surface area contributed by atoms with Crippen LogP contribution in [0.2, 0.25) is 0 Å². The van der Waals surface area contributed by atoms with Crippen LogP contribution in [0.5, 0.6) is 0 Å². The highest BCUT2D eigenvalue weighted by molar-refractivity contribution is 5.89. The number of carbonyl (C=O) groups excluding carboxylic acids is 1. The molecule has 1 heterocycles. The summed E-state index contributed by atoms with van der Waals surface area (Å²) in [6, 6.07) is 9.11. The molecule has 0 unspecified atom stereocenters. The number of hydrogen-bond acceptors (Lipinski definition) is 5. The average Bonchev–Trinajstić information content (AvgIpc) is 2.81. The quantitative estimate of drug-likeness (QED) is 0.390. The van der Waals surface area contributed by atoms with Gasteiger partial charge >= 0.3 is 5.97 Å². The Morgan fingerprint density at radius 1 is 1.03 bits per heavy atom. The second-order valence-electron chi connectivity index (χ2n) is 9.62. The Labute approximate surface area is 195 Å². The Kier molecular flexibility index (Phi) is 10.7. The Hall–Kier alpha value is -1.43. The van der Waals surface area contributed by atoms with Gasteiger partial charge in [0.1, 0.15) is 6.10 Å². The molecule has 1 aromatic rings. The lowest BCUT2D eigenvalue weighted by Gasteiger charge is -2.43. The third-order valence-electron chi connectivity index (χ3n) is 7.66. The fourth-order valence-corrected chi connectivity index (χ4v) is 4.82. The molecule has 1 aliphatic heterocycles. The van der Waals surface area contributed by atoms with Crippen molar-refractivity contribution in [1.82, 2.24) is 0 Å². The summed E-state index contributed by atoms with van der Waals surface area (Å²) in [6.45, 7) is 15.5. The Balaban J connectivity index is 2.17. The van der Waals surface area contributed by atoms with Gasteiger partial charge in [-0.1, -0.05) is 73.1 Å². The van der Waals surface area contributed by atoms with E-state index in [1.165, 1.54) is 0 Å². The van der Waals surface area contributed by atoms with Gasteiger partial charge in [0.25, 0.3) is 0 Å². The first-order valence-electron chi connectivity index (χ1n) is 12.3. The summed E-state index contributed by atoms with van der Waals surface area (Å²) in [5.41, 5.74) is 0.540. The van der Waals surface area contributed by atoms with Gasteiger partial charge in [0.2, 0.25) is 0 Å². The number of rotatable bonds is 11. The number of methoxy groups -OCH3 is 1. The zero-order valence-electron chi connectivity index (χ0n) is 21.2. The maximum atomic E-state index is 12.9. The fourth-order valence-electron chi connectivity index (χ4n) is 4.82. The average molecular weight is 449 g/mol. The smallest absolute Gasteiger partial charge is 0.338 e. The zero-order chi connectivity index (χ0) is 23.8. The molecule has 1 saturated heterocycles. The van der Waals surface area contributed by atoms with Gasteiger partial charge in [-0.15, -0.1) is 0 Å². The SMILES string of the molecule is CC[C@@H](C)[C@@H](OC)[C@H](C)[C@@H](CO[C@@H]1O[C@H](CC)[C@@H](C)[C@H](C)[C@H]1C)OC(=O)c1ccccc1. The van der Waals surface area contributed by atoms with E-state index in [2.05, 4.69) is 48.5 Å². The van der Waals surface area contributed by atoms with Crippen LogP contribution in [0.1, 0.15) is 71.7 Å². The molecular formula is C27H44O5. The highest BCUT2D eigenvalue weighted by Gasteiger charge is 2.40. The van der Waals surface area contributed by atoms with Crippen molar-refractivity contribution in [2.45, 2.75) is 85.9 Å². The molecule has 0 amide bonds. The maximum Gasteiger partial charge on any atom is 0.338 e. The summed E-state index contributed by atoms with van der Waals surface area (Å²) in [5.74, 6) is 1.22. The van der Waals surface area contributed by atoms with Crippen LogP contribution in [0.15, 0.2) is 30.3 Å². The van der Waals surface area contributed by atoms with Crippen LogP contribution in [0.4, 0.5) is 0 Å². The summed E-state index contributed by atoms with van der Waals surface area (Å²) in [7, 11) is 1.73. The summed E-state index contributed by atoms with van der Waals surface area (Å²) in [6.07, 6.45) is 1.35. The van der Waals surface area contributed by atoms with Crippen LogP contribution in [-0.4, -0.2) is 44.3 Å². The molecule has 0 spiro atoms. The van der Waals surface area contributed by atoms with E-state index in [4.69, 9.17) is 18.9 Å². The van der Waals surface area contributed by atoms with E-state index in [9.17, 15) is 4.79 Å². The van der Waals surface area contributed by atoms with Crippen molar-refractivity contribution in [3.05, 3.63) is 35.9 Å². The molecular weight excluding hydrogens is 404 g/mol. The summed E-state index contributed by atoms with van der Waals surface area (Å²) in [4.78, 5) is 12.9. The molecule has 0 aromatic heterocycles. The van der Waals surface area contributed by atoms with Crippen LogP contribution in [0.25, 0.3) is 0 Å². The van der Waals surface area contributed by atoms with Crippen LogP contribution in [0.3, 0.4) is 0 Å². The molecule has 182 valence electrons. The summed E-state index contributed by atoms with van der Waals surface area (Å²) < 4.78 is 24.5. The molecule has 32 heavy (non-hydrogen) atoms. The van der Waals surface area contributed by atoms with Crippen molar-refractivity contribution < 1.29 is 23.7 Å². The minimum absolute atomic E-state index is 0.0279. The number of benzene rings is 1. The number of hydrogen-bond donors (Lipinski definition) is 0. The molecule has 2 rings (SSSR count). The Morgan fingerprint density at radius 3 is 2.25 bits per heavy atom. The fraction of sp³-hybridized carbons (Fsp3) is 0.741. The highest BCUT2D eigenvalue weighted by atomic mass is 16.7. The van der Waals surface area contributed by atoms with Gasteiger partial charge in [0.05, 0.1) is 24.4 Å². The molecule has 0 saturated carbocycles. The minimum atomic E-state index is -0.438. The molecule has 0 aliphatic carbocycles. The Morgan fingerprint density at radius 2 is 1.69 bits per heavy atom. The second-order valence-corrected chi connectivity index (χ2v) is 9.62. The monoisotopic (exact) mass is 448 g/mol. The van der Waals surface area contributed by atoms with E-state index >= 15 is 0 Å².